The lowest BCUT2D eigenvalue weighted by Gasteiger charge is -2.23. The van der Waals surface area contributed by atoms with E-state index >= 15 is 0 Å². The van der Waals surface area contributed by atoms with E-state index in [1.54, 1.807) is 6.20 Å². The average molecular weight is 440 g/mol. The van der Waals surface area contributed by atoms with Crippen LogP contribution < -0.4 is 22.1 Å². The number of benzene rings is 2. The summed E-state index contributed by atoms with van der Waals surface area (Å²) in [5.41, 5.74) is 12.8. The predicted molar refractivity (Wildman–Crippen MR) is 125 cm³/mol. The highest BCUT2D eigenvalue weighted by atomic mass is 32.1. The second-order valence-electron chi connectivity index (χ2n) is 7.70. The molecular formula is C23H29N5O2S. The van der Waals surface area contributed by atoms with Crippen molar-refractivity contribution >= 4 is 39.1 Å². The minimum absolute atomic E-state index is 0.0152. The lowest BCUT2D eigenvalue weighted by Crippen LogP contribution is -2.53. The number of hydrogen-bond acceptors (Lipinski definition) is 6. The molecule has 7 nitrogen and oxygen atoms in total. The highest BCUT2D eigenvalue weighted by molar-refractivity contribution is 7.15. The summed E-state index contributed by atoms with van der Waals surface area (Å²) in [5, 5.41) is 8.35. The van der Waals surface area contributed by atoms with E-state index < -0.39 is 12.1 Å². The Labute approximate surface area is 186 Å². The van der Waals surface area contributed by atoms with E-state index in [4.69, 9.17) is 11.5 Å². The number of amides is 2. The van der Waals surface area contributed by atoms with Crippen LogP contribution in [0, 0.1) is 5.92 Å². The molecule has 1 aromatic heterocycles. The number of thiazole rings is 1. The van der Waals surface area contributed by atoms with Crippen LogP contribution in [0.2, 0.25) is 0 Å². The number of nitrogens with zero attached hydrogens (tertiary/aromatic N) is 1. The van der Waals surface area contributed by atoms with Crippen molar-refractivity contribution in [2.75, 3.05) is 5.73 Å². The van der Waals surface area contributed by atoms with Crippen LogP contribution in [0.5, 0.6) is 0 Å². The van der Waals surface area contributed by atoms with Crippen molar-refractivity contribution in [2.45, 2.75) is 45.3 Å². The molecule has 1 heterocycles. The van der Waals surface area contributed by atoms with Gasteiger partial charge in [-0.1, -0.05) is 62.7 Å². The second kappa shape index (κ2) is 10.4. The van der Waals surface area contributed by atoms with E-state index in [2.05, 4.69) is 15.6 Å². The van der Waals surface area contributed by atoms with Crippen LogP contribution in [0.25, 0.3) is 10.8 Å². The molecule has 0 aliphatic rings. The topological polar surface area (TPSA) is 123 Å². The molecule has 3 aromatic rings. The van der Waals surface area contributed by atoms with Gasteiger partial charge in [-0.2, -0.15) is 0 Å². The Bertz CT molecular complexity index is 1050. The summed E-state index contributed by atoms with van der Waals surface area (Å²) in [6.07, 6.45) is 2.77. The zero-order valence-corrected chi connectivity index (χ0v) is 18.6. The van der Waals surface area contributed by atoms with Crippen molar-refractivity contribution in [3.63, 3.8) is 0 Å². The van der Waals surface area contributed by atoms with Crippen molar-refractivity contribution in [2.24, 2.45) is 11.7 Å². The molecule has 0 radical (unpaired) electrons. The molecule has 0 spiro atoms. The lowest BCUT2D eigenvalue weighted by atomic mass is 9.96. The smallest absolute Gasteiger partial charge is 0.243 e. The third kappa shape index (κ3) is 5.80. The maximum Gasteiger partial charge on any atom is 0.243 e. The quantitative estimate of drug-likeness (QED) is 0.408. The zero-order valence-electron chi connectivity index (χ0n) is 17.8. The fourth-order valence-electron chi connectivity index (χ4n) is 3.38. The molecule has 3 rings (SSSR count). The summed E-state index contributed by atoms with van der Waals surface area (Å²) in [6.45, 7) is 4.21. The molecule has 8 heteroatoms. The molecule has 0 aliphatic carbocycles. The number of aromatic nitrogens is 1. The summed E-state index contributed by atoms with van der Waals surface area (Å²) in [6, 6.07) is 12.5. The first kappa shape index (κ1) is 22.7. The summed E-state index contributed by atoms with van der Waals surface area (Å²) in [5.74, 6) is -0.581. The minimum Gasteiger partial charge on any atom is -0.375 e. The number of carbonyl (C=O) groups excluding carboxylic acids is 2. The molecule has 0 saturated heterocycles. The van der Waals surface area contributed by atoms with Gasteiger partial charge in [-0.3, -0.25) is 9.59 Å². The van der Waals surface area contributed by atoms with Crippen LogP contribution >= 0.6 is 11.3 Å². The summed E-state index contributed by atoms with van der Waals surface area (Å²) in [7, 11) is 0. The fraction of sp³-hybridized carbons (Fsp3) is 0.348. The van der Waals surface area contributed by atoms with Gasteiger partial charge >= 0.3 is 0 Å². The van der Waals surface area contributed by atoms with Gasteiger partial charge in [0, 0.05) is 17.5 Å². The molecule has 2 aromatic carbocycles. The van der Waals surface area contributed by atoms with Gasteiger partial charge in [-0.25, -0.2) is 4.98 Å². The molecule has 0 fully saturated rings. The maximum atomic E-state index is 13.0. The van der Waals surface area contributed by atoms with Gasteiger partial charge in [0.2, 0.25) is 11.8 Å². The van der Waals surface area contributed by atoms with Crippen molar-refractivity contribution < 1.29 is 9.59 Å². The molecule has 0 saturated carbocycles. The first-order valence-corrected chi connectivity index (χ1v) is 11.2. The summed E-state index contributed by atoms with van der Waals surface area (Å²) >= 11 is 1.32. The SMILES string of the molecule is CCC(C)C(N)C(=O)NC(Cc1cccc2ccccc12)C(=O)NCc1cnc(N)s1. The normalized spacial score (nSPS) is 14.0. The van der Waals surface area contributed by atoms with Crippen LogP contribution in [0.15, 0.2) is 48.7 Å². The molecule has 6 N–H and O–H groups in total. The third-order valence-corrected chi connectivity index (χ3v) is 6.33. The van der Waals surface area contributed by atoms with E-state index in [0.717, 1.165) is 27.6 Å². The van der Waals surface area contributed by atoms with Crippen LogP contribution in [-0.2, 0) is 22.6 Å². The van der Waals surface area contributed by atoms with Crippen molar-refractivity contribution in [1.82, 2.24) is 15.6 Å². The number of rotatable bonds is 9. The molecule has 164 valence electrons. The van der Waals surface area contributed by atoms with Gasteiger partial charge in [0.15, 0.2) is 5.13 Å². The Morgan fingerprint density at radius 2 is 1.87 bits per heavy atom. The van der Waals surface area contributed by atoms with Crippen LogP contribution in [0.4, 0.5) is 5.13 Å². The van der Waals surface area contributed by atoms with Gasteiger partial charge in [0.25, 0.3) is 0 Å². The van der Waals surface area contributed by atoms with Crippen LogP contribution in [0.3, 0.4) is 0 Å². The Morgan fingerprint density at radius 1 is 1.13 bits per heavy atom. The maximum absolute atomic E-state index is 13.0. The van der Waals surface area contributed by atoms with Gasteiger partial charge in [-0.05, 0) is 22.3 Å². The number of carbonyl (C=O) groups is 2. The number of hydrogen-bond donors (Lipinski definition) is 4. The molecule has 3 unspecified atom stereocenters. The van der Waals surface area contributed by atoms with Gasteiger partial charge in [-0.15, -0.1) is 11.3 Å². The minimum atomic E-state index is -0.751. The van der Waals surface area contributed by atoms with Gasteiger partial charge in [0.05, 0.1) is 12.6 Å². The fourth-order valence-corrected chi connectivity index (χ4v) is 4.01. The van der Waals surface area contributed by atoms with Gasteiger partial charge < -0.3 is 22.1 Å². The standard InChI is InChI=1S/C23H29N5O2S/c1-3-14(2)20(24)22(30)28-19(21(29)26-12-17-13-27-23(25)31-17)11-16-9-6-8-15-7-4-5-10-18(15)16/h4-10,13-14,19-20H,3,11-12,24H2,1-2H3,(H2,25,27)(H,26,29)(H,28,30). The Kier molecular flexibility index (Phi) is 7.59. The highest BCUT2D eigenvalue weighted by Gasteiger charge is 2.26. The first-order chi connectivity index (χ1) is 14.9. The highest BCUT2D eigenvalue weighted by Crippen LogP contribution is 2.20. The summed E-state index contributed by atoms with van der Waals surface area (Å²) < 4.78 is 0. The second-order valence-corrected chi connectivity index (χ2v) is 8.84. The van der Waals surface area contributed by atoms with Crippen molar-refractivity contribution in [3.8, 4) is 0 Å². The first-order valence-electron chi connectivity index (χ1n) is 10.4. The van der Waals surface area contributed by atoms with Crippen LogP contribution in [0.1, 0.15) is 30.7 Å². The number of nitrogen functional groups attached to an aromatic ring is 1. The Morgan fingerprint density at radius 3 is 2.58 bits per heavy atom. The van der Waals surface area contributed by atoms with Crippen molar-refractivity contribution in [3.05, 3.63) is 59.1 Å². The number of fused-ring (bicyclic) bond motifs is 1. The largest absolute Gasteiger partial charge is 0.375 e. The molecule has 2 amide bonds. The van der Waals surface area contributed by atoms with E-state index in [0.29, 0.717) is 18.1 Å². The average Bonchev–Trinajstić information content (AvgIpc) is 3.21. The van der Waals surface area contributed by atoms with E-state index in [1.807, 2.05) is 56.3 Å². The van der Waals surface area contributed by atoms with E-state index in [-0.39, 0.29) is 17.7 Å². The molecule has 31 heavy (non-hydrogen) atoms. The van der Waals surface area contributed by atoms with E-state index in [1.165, 1.54) is 11.3 Å². The zero-order chi connectivity index (χ0) is 22.4. The Balaban J connectivity index is 1.80. The monoisotopic (exact) mass is 439 g/mol. The molecule has 0 aliphatic heterocycles. The molecule has 0 bridgehead atoms. The van der Waals surface area contributed by atoms with E-state index in [9.17, 15) is 9.59 Å². The summed E-state index contributed by atoms with van der Waals surface area (Å²) in [4.78, 5) is 30.6. The third-order valence-electron chi connectivity index (χ3n) is 5.50. The van der Waals surface area contributed by atoms with Crippen LogP contribution in [-0.4, -0.2) is 28.9 Å². The predicted octanol–water partition coefficient (Wildman–Crippen LogP) is 2.60. The number of nitrogens with two attached hydrogens (primary N) is 2. The van der Waals surface area contributed by atoms with Gasteiger partial charge in [0.1, 0.15) is 6.04 Å². The molecular weight excluding hydrogens is 410 g/mol. The van der Waals surface area contributed by atoms with Crippen molar-refractivity contribution in [1.29, 1.82) is 0 Å². The number of nitrogens with one attached hydrogen (secondary N) is 2. The Hall–Kier alpha value is -2.97. The number of anilines is 1. The lowest BCUT2D eigenvalue weighted by molar-refractivity contribution is -0.130. The molecule has 3 atom stereocenters.